The summed E-state index contributed by atoms with van der Waals surface area (Å²) < 4.78 is 0. The minimum absolute atomic E-state index is 0.0458. The van der Waals surface area contributed by atoms with Gasteiger partial charge in [-0.15, -0.1) is 0 Å². The van der Waals surface area contributed by atoms with E-state index in [4.69, 9.17) is 0 Å². The van der Waals surface area contributed by atoms with E-state index in [1.54, 1.807) is 25.1 Å². The molecule has 0 radical (unpaired) electrons. The molecule has 1 N–H and O–H groups in total. The standard InChI is InChI=1S/C17H27N3O2/c1-14(21)9-12-19(2)17(22)15-7-8-16(18-13-15)20-10-5-3-4-6-11-20/h7-8,13-14,21H,3-6,9-12H2,1-2H3. The number of aliphatic hydroxyl groups excluding tert-OH is 1. The molecule has 0 saturated carbocycles. The quantitative estimate of drug-likeness (QED) is 0.907. The van der Waals surface area contributed by atoms with Gasteiger partial charge in [0.05, 0.1) is 11.7 Å². The van der Waals surface area contributed by atoms with Crippen molar-refractivity contribution in [2.45, 2.75) is 45.1 Å². The number of anilines is 1. The molecule has 122 valence electrons. The molecule has 5 nitrogen and oxygen atoms in total. The fourth-order valence-corrected chi connectivity index (χ4v) is 2.70. The molecule has 22 heavy (non-hydrogen) atoms. The number of amides is 1. The molecule has 1 atom stereocenters. The molecule has 1 amide bonds. The van der Waals surface area contributed by atoms with E-state index >= 15 is 0 Å². The van der Waals surface area contributed by atoms with Gasteiger partial charge in [-0.3, -0.25) is 4.79 Å². The topological polar surface area (TPSA) is 56.7 Å². The van der Waals surface area contributed by atoms with Crippen molar-refractivity contribution in [1.82, 2.24) is 9.88 Å². The van der Waals surface area contributed by atoms with Gasteiger partial charge in [-0.25, -0.2) is 4.98 Å². The van der Waals surface area contributed by atoms with E-state index in [0.29, 0.717) is 18.5 Å². The molecular formula is C17H27N3O2. The van der Waals surface area contributed by atoms with Crippen molar-refractivity contribution >= 4 is 11.7 Å². The Kier molecular flexibility index (Phi) is 6.19. The summed E-state index contributed by atoms with van der Waals surface area (Å²) in [5.41, 5.74) is 0.603. The summed E-state index contributed by atoms with van der Waals surface area (Å²) in [6, 6.07) is 3.80. The SMILES string of the molecule is CC(O)CCN(C)C(=O)c1ccc(N2CCCCCC2)nc1. The van der Waals surface area contributed by atoms with Crippen LogP contribution in [0.25, 0.3) is 0 Å². The molecule has 1 aromatic rings. The monoisotopic (exact) mass is 305 g/mol. The molecule has 0 aromatic carbocycles. The van der Waals surface area contributed by atoms with Gasteiger partial charge < -0.3 is 14.9 Å². The fraction of sp³-hybridized carbons (Fsp3) is 0.647. The van der Waals surface area contributed by atoms with Crippen LogP contribution in [0.3, 0.4) is 0 Å². The van der Waals surface area contributed by atoms with Gasteiger partial charge in [-0.2, -0.15) is 0 Å². The number of pyridine rings is 1. The van der Waals surface area contributed by atoms with Crippen LogP contribution in [0.15, 0.2) is 18.3 Å². The number of carbonyl (C=O) groups is 1. The van der Waals surface area contributed by atoms with Crippen molar-refractivity contribution in [2.75, 3.05) is 31.6 Å². The van der Waals surface area contributed by atoms with E-state index < -0.39 is 6.10 Å². The molecule has 5 heteroatoms. The molecule has 2 heterocycles. The number of aromatic nitrogens is 1. The van der Waals surface area contributed by atoms with Crippen LogP contribution in [0.2, 0.25) is 0 Å². The normalized spacial score (nSPS) is 17.0. The molecule has 2 rings (SSSR count). The molecule has 1 aliphatic rings. The van der Waals surface area contributed by atoms with Gasteiger partial charge in [-0.1, -0.05) is 12.8 Å². The Bertz CT molecular complexity index is 465. The van der Waals surface area contributed by atoms with Crippen molar-refractivity contribution < 1.29 is 9.90 Å². The Morgan fingerprint density at radius 1 is 1.32 bits per heavy atom. The van der Waals surface area contributed by atoms with Gasteiger partial charge in [0.25, 0.3) is 5.91 Å². The Morgan fingerprint density at radius 3 is 2.55 bits per heavy atom. The molecular weight excluding hydrogens is 278 g/mol. The number of aliphatic hydroxyl groups is 1. The molecule has 1 saturated heterocycles. The third-order valence-electron chi connectivity index (χ3n) is 4.15. The van der Waals surface area contributed by atoms with Crippen molar-refractivity contribution in [1.29, 1.82) is 0 Å². The molecule has 0 spiro atoms. The van der Waals surface area contributed by atoms with Crippen molar-refractivity contribution in [3.63, 3.8) is 0 Å². The molecule has 1 aromatic heterocycles. The second-order valence-corrected chi connectivity index (χ2v) is 6.17. The molecule has 1 fully saturated rings. The Labute approximate surface area is 132 Å². The molecule has 0 bridgehead atoms. The van der Waals surface area contributed by atoms with Crippen LogP contribution in [0, 0.1) is 0 Å². The lowest BCUT2D eigenvalue weighted by atomic mass is 10.2. The van der Waals surface area contributed by atoms with Crippen molar-refractivity contribution in [3.8, 4) is 0 Å². The van der Waals surface area contributed by atoms with E-state index in [1.165, 1.54) is 25.7 Å². The van der Waals surface area contributed by atoms with E-state index in [9.17, 15) is 9.90 Å². The Balaban J connectivity index is 1.96. The largest absolute Gasteiger partial charge is 0.393 e. The number of nitrogens with zero attached hydrogens (tertiary/aromatic N) is 3. The average Bonchev–Trinajstić information content (AvgIpc) is 2.81. The van der Waals surface area contributed by atoms with Crippen molar-refractivity contribution in [3.05, 3.63) is 23.9 Å². The maximum atomic E-state index is 12.3. The van der Waals surface area contributed by atoms with Crippen LogP contribution in [-0.4, -0.2) is 53.7 Å². The highest BCUT2D eigenvalue weighted by Gasteiger charge is 2.15. The lowest BCUT2D eigenvalue weighted by Crippen LogP contribution is -2.30. The van der Waals surface area contributed by atoms with Crippen LogP contribution in [0.4, 0.5) is 5.82 Å². The Hall–Kier alpha value is -1.62. The van der Waals surface area contributed by atoms with Gasteiger partial charge in [-0.05, 0) is 38.3 Å². The highest BCUT2D eigenvalue weighted by atomic mass is 16.3. The zero-order valence-corrected chi connectivity index (χ0v) is 13.7. The highest BCUT2D eigenvalue weighted by molar-refractivity contribution is 5.93. The lowest BCUT2D eigenvalue weighted by Gasteiger charge is -2.22. The number of hydrogen-bond acceptors (Lipinski definition) is 4. The molecule has 0 aliphatic carbocycles. The minimum Gasteiger partial charge on any atom is -0.393 e. The van der Waals surface area contributed by atoms with Gasteiger partial charge in [0.15, 0.2) is 0 Å². The Morgan fingerprint density at radius 2 is 2.00 bits per heavy atom. The number of rotatable bonds is 5. The minimum atomic E-state index is -0.390. The van der Waals surface area contributed by atoms with Gasteiger partial charge >= 0.3 is 0 Å². The molecule has 1 aliphatic heterocycles. The summed E-state index contributed by atoms with van der Waals surface area (Å²) in [5, 5.41) is 9.30. The molecule has 1 unspecified atom stereocenters. The van der Waals surface area contributed by atoms with Crippen LogP contribution in [-0.2, 0) is 0 Å². The average molecular weight is 305 g/mol. The number of carbonyl (C=O) groups excluding carboxylic acids is 1. The van der Waals surface area contributed by atoms with Gasteiger partial charge in [0.2, 0.25) is 0 Å². The predicted molar refractivity (Wildman–Crippen MR) is 88.2 cm³/mol. The van der Waals surface area contributed by atoms with E-state index in [1.807, 2.05) is 12.1 Å². The summed E-state index contributed by atoms with van der Waals surface area (Å²) in [6.07, 6.45) is 6.87. The maximum Gasteiger partial charge on any atom is 0.255 e. The fourth-order valence-electron chi connectivity index (χ4n) is 2.70. The van der Waals surface area contributed by atoms with Crippen LogP contribution in [0.5, 0.6) is 0 Å². The van der Waals surface area contributed by atoms with Crippen molar-refractivity contribution in [2.24, 2.45) is 0 Å². The summed E-state index contributed by atoms with van der Waals surface area (Å²) in [7, 11) is 1.76. The first-order valence-electron chi connectivity index (χ1n) is 8.22. The second kappa shape index (κ2) is 8.13. The summed E-state index contributed by atoms with van der Waals surface area (Å²) >= 11 is 0. The second-order valence-electron chi connectivity index (χ2n) is 6.17. The smallest absolute Gasteiger partial charge is 0.255 e. The summed E-state index contributed by atoms with van der Waals surface area (Å²) in [4.78, 5) is 20.7. The van der Waals surface area contributed by atoms with Crippen LogP contribution >= 0.6 is 0 Å². The summed E-state index contributed by atoms with van der Waals surface area (Å²) in [5.74, 6) is 0.917. The zero-order valence-electron chi connectivity index (χ0n) is 13.7. The van der Waals surface area contributed by atoms with E-state index in [2.05, 4.69) is 9.88 Å². The van der Waals surface area contributed by atoms with Gasteiger partial charge in [0.1, 0.15) is 5.82 Å². The summed E-state index contributed by atoms with van der Waals surface area (Å²) in [6.45, 7) is 4.38. The number of hydrogen-bond donors (Lipinski definition) is 1. The predicted octanol–water partition coefficient (Wildman–Crippen LogP) is 2.30. The first-order chi connectivity index (χ1) is 10.6. The highest BCUT2D eigenvalue weighted by Crippen LogP contribution is 2.17. The lowest BCUT2D eigenvalue weighted by molar-refractivity contribution is 0.0768. The zero-order chi connectivity index (χ0) is 15.9. The first-order valence-corrected chi connectivity index (χ1v) is 8.22. The van der Waals surface area contributed by atoms with Crippen LogP contribution in [0.1, 0.15) is 49.4 Å². The van der Waals surface area contributed by atoms with E-state index in [-0.39, 0.29) is 5.91 Å². The maximum absolute atomic E-state index is 12.3. The third-order valence-corrected chi connectivity index (χ3v) is 4.15. The third kappa shape index (κ3) is 4.70. The van der Waals surface area contributed by atoms with Crippen LogP contribution < -0.4 is 4.90 Å². The van der Waals surface area contributed by atoms with Gasteiger partial charge in [0, 0.05) is 32.9 Å². The van der Waals surface area contributed by atoms with E-state index in [0.717, 1.165) is 18.9 Å². The first kappa shape index (κ1) is 16.7.